The number of hydrogen-bond acceptors (Lipinski definition) is 5. The van der Waals surface area contributed by atoms with Crippen LogP contribution in [0.2, 0.25) is 0 Å². The highest BCUT2D eigenvalue weighted by Crippen LogP contribution is 2.18. The van der Waals surface area contributed by atoms with Gasteiger partial charge in [-0.1, -0.05) is 24.3 Å². The second kappa shape index (κ2) is 7.85. The van der Waals surface area contributed by atoms with Crippen LogP contribution >= 0.6 is 0 Å². The first-order chi connectivity index (χ1) is 12.7. The number of para-hydroxylation sites is 1. The minimum atomic E-state index is -0.381. The van der Waals surface area contributed by atoms with Crippen LogP contribution in [-0.2, 0) is 6.54 Å². The molecule has 2 N–H and O–H groups in total. The summed E-state index contributed by atoms with van der Waals surface area (Å²) in [7, 11) is 0. The maximum absolute atomic E-state index is 12.9. The smallest absolute Gasteiger partial charge is 0.270 e. The molecule has 0 saturated carbocycles. The average molecular weight is 347 g/mol. The van der Waals surface area contributed by atoms with E-state index in [1.54, 1.807) is 36.4 Å². The van der Waals surface area contributed by atoms with E-state index in [1.165, 1.54) is 24.5 Å². The van der Waals surface area contributed by atoms with Crippen LogP contribution < -0.4 is 10.6 Å². The van der Waals surface area contributed by atoms with E-state index in [0.29, 0.717) is 17.1 Å². The van der Waals surface area contributed by atoms with Gasteiger partial charge in [-0.2, -0.15) is 5.26 Å². The summed E-state index contributed by atoms with van der Waals surface area (Å²) < 4.78 is 12.9. The Hall–Kier alpha value is -3.79. The summed E-state index contributed by atoms with van der Waals surface area (Å²) >= 11 is 0. The van der Waals surface area contributed by atoms with Crippen LogP contribution in [0.15, 0.2) is 60.9 Å². The van der Waals surface area contributed by atoms with E-state index < -0.39 is 0 Å². The molecule has 1 aromatic heterocycles. The van der Waals surface area contributed by atoms with Crippen molar-refractivity contribution >= 4 is 17.4 Å². The fourth-order valence-corrected chi connectivity index (χ4v) is 2.25. The van der Waals surface area contributed by atoms with Gasteiger partial charge in [-0.05, 0) is 29.8 Å². The van der Waals surface area contributed by atoms with Crippen LogP contribution in [0.4, 0.5) is 15.9 Å². The van der Waals surface area contributed by atoms with Crippen molar-refractivity contribution in [2.75, 3.05) is 5.32 Å². The summed E-state index contributed by atoms with van der Waals surface area (Å²) in [4.78, 5) is 20.3. The van der Waals surface area contributed by atoms with Crippen molar-refractivity contribution < 1.29 is 9.18 Å². The van der Waals surface area contributed by atoms with Gasteiger partial charge in [0.05, 0.1) is 11.3 Å². The molecular formula is C19H14FN5O. The maximum atomic E-state index is 12.9. The first-order valence-corrected chi connectivity index (χ1v) is 7.76. The van der Waals surface area contributed by atoms with Gasteiger partial charge in [0.15, 0.2) is 0 Å². The molecule has 1 heterocycles. The molecule has 0 saturated heterocycles. The van der Waals surface area contributed by atoms with Gasteiger partial charge in [0.2, 0.25) is 0 Å². The van der Waals surface area contributed by atoms with Gasteiger partial charge in [0.1, 0.15) is 29.7 Å². The molecule has 0 aliphatic heterocycles. The van der Waals surface area contributed by atoms with Gasteiger partial charge in [-0.15, -0.1) is 0 Å². The van der Waals surface area contributed by atoms with Gasteiger partial charge < -0.3 is 10.6 Å². The Morgan fingerprint density at radius 3 is 2.65 bits per heavy atom. The molecule has 128 valence electrons. The SMILES string of the molecule is N#Cc1ccccc1Nc1cc(C(=O)NCc2ccc(F)cc2)ncn1. The minimum absolute atomic E-state index is 0.180. The summed E-state index contributed by atoms with van der Waals surface area (Å²) in [5.41, 5.74) is 2.01. The lowest BCUT2D eigenvalue weighted by Gasteiger charge is -2.09. The Bertz CT molecular complexity index is 966. The summed E-state index contributed by atoms with van der Waals surface area (Å²) in [6.07, 6.45) is 1.27. The molecular weight excluding hydrogens is 333 g/mol. The molecule has 0 bridgehead atoms. The summed E-state index contributed by atoms with van der Waals surface area (Å²) in [6.45, 7) is 0.253. The largest absolute Gasteiger partial charge is 0.347 e. The molecule has 0 aliphatic carbocycles. The van der Waals surface area contributed by atoms with E-state index in [1.807, 2.05) is 0 Å². The molecule has 0 atom stereocenters. The monoisotopic (exact) mass is 347 g/mol. The van der Waals surface area contributed by atoms with Gasteiger partial charge in [0, 0.05) is 12.6 Å². The molecule has 3 rings (SSSR count). The number of nitrogens with one attached hydrogen (secondary N) is 2. The van der Waals surface area contributed by atoms with E-state index >= 15 is 0 Å². The number of nitrogens with zero attached hydrogens (tertiary/aromatic N) is 3. The Labute approximate surface area is 149 Å². The number of anilines is 2. The summed E-state index contributed by atoms with van der Waals surface area (Å²) in [5, 5.41) is 14.8. The molecule has 0 unspecified atom stereocenters. The number of hydrogen-bond donors (Lipinski definition) is 2. The highest BCUT2D eigenvalue weighted by Gasteiger charge is 2.10. The lowest BCUT2D eigenvalue weighted by atomic mass is 10.2. The van der Waals surface area contributed by atoms with E-state index in [0.717, 1.165) is 5.56 Å². The van der Waals surface area contributed by atoms with E-state index in [4.69, 9.17) is 5.26 Å². The Morgan fingerprint density at radius 2 is 1.88 bits per heavy atom. The van der Waals surface area contributed by atoms with Crippen LogP contribution in [0.5, 0.6) is 0 Å². The Morgan fingerprint density at radius 1 is 1.12 bits per heavy atom. The first kappa shape index (κ1) is 17.0. The molecule has 0 aliphatic rings. The van der Waals surface area contributed by atoms with Gasteiger partial charge in [0.25, 0.3) is 5.91 Å². The summed E-state index contributed by atoms with van der Waals surface area (Å²) in [6, 6.07) is 16.4. The summed E-state index contributed by atoms with van der Waals surface area (Å²) in [5.74, 6) is -0.313. The second-order valence-electron chi connectivity index (χ2n) is 5.38. The fourth-order valence-electron chi connectivity index (χ4n) is 2.25. The molecule has 0 spiro atoms. The predicted octanol–water partition coefficient (Wildman–Crippen LogP) is 3.16. The number of nitriles is 1. The molecule has 1 amide bonds. The molecule has 6 nitrogen and oxygen atoms in total. The fraction of sp³-hybridized carbons (Fsp3) is 0.0526. The van der Waals surface area contributed by atoms with Crippen molar-refractivity contribution in [1.29, 1.82) is 5.26 Å². The molecule has 26 heavy (non-hydrogen) atoms. The third-order valence-electron chi connectivity index (χ3n) is 3.58. The normalized spacial score (nSPS) is 10.0. The van der Waals surface area contributed by atoms with Gasteiger partial charge in [-0.25, -0.2) is 14.4 Å². The van der Waals surface area contributed by atoms with Crippen molar-refractivity contribution in [3.63, 3.8) is 0 Å². The van der Waals surface area contributed by atoms with Gasteiger partial charge in [-0.3, -0.25) is 4.79 Å². The van der Waals surface area contributed by atoms with Crippen LogP contribution in [0, 0.1) is 17.1 Å². The van der Waals surface area contributed by atoms with E-state index in [9.17, 15) is 9.18 Å². The number of amides is 1. The van der Waals surface area contributed by atoms with E-state index in [2.05, 4.69) is 26.7 Å². The number of carbonyl (C=O) groups excluding carboxylic acids is 1. The Kier molecular flexibility index (Phi) is 5.15. The van der Waals surface area contributed by atoms with E-state index in [-0.39, 0.29) is 24.0 Å². The minimum Gasteiger partial charge on any atom is -0.347 e. The number of aromatic nitrogens is 2. The number of halogens is 1. The zero-order valence-electron chi connectivity index (χ0n) is 13.6. The van der Waals surface area contributed by atoms with Crippen LogP contribution in [0.3, 0.4) is 0 Å². The standard InChI is InChI=1S/C19H14FN5O/c20-15-7-5-13(6-8-15)11-22-19(26)17-9-18(24-12-23-17)25-16-4-2-1-3-14(16)10-21/h1-9,12H,11H2,(H,22,26)(H,23,24,25). The first-order valence-electron chi connectivity index (χ1n) is 7.76. The Balaban J connectivity index is 1.69. The zero-order chi connectivity index (χ0) is 18.4. The quantitative estimate of drug-likeness (QED) is 0.740. The van der Waals surface area contributed by atoms with Crippen LogP contribution in [0.1, 0.15) is 21.6 Å². The van der Waals surface area contributed by atoms with Crippen molar-refractivity contribution in [1.82, 2.24) is 15.3 Å². The zero-order valence-corrected chi connectivity index (χ0v) is 13.6. The number of rotatable bonds is 5. The van der Waals surface area contributed by atoms with Gasteiger partial charge >= 0.3 is 0 Å². The van der Waals surface area contributed by atoms with Crippen molar-refractivity contribution in [3.05, 3.63) is 83.6 Å². The highest BCUT2D eigenvalue weighted by atomic mass is 19.1. The number of benzene rings is 2. The maximum Gasteiger partial charge on any atom is 0.270 e. The van der Waals surface area contributed by atoms with Crippen molar-refractivity contribution in [3.8, 4) is 6.07 Å². The molecule has 3 aromatic rings. The molecule has 0 fully saturated rings. The van der Waals surface area contributed by atoms with Crippen molar-refractivity contribution in [2.24, 2.45) is 0 Å². The average Bonchev–Trinajstić information content (AvgIpc) is 2.68. The third kappa shape index (κ3) is 4.19. The second-order valence-corrected chi connectivity index (χ2v) is 5.38. The van der Waals surface area contributed by atoms with Crippen LogP contribution in [0.25, 0.3) is 0 Å². The van der Waals surface area contributed by atoms with Crippen LogP contribution in [-0.4, -0.2) is 15.9 Å². The molecule has 2 aromatic carbocycles. The topological polar surface area (TPSA) is 90.7 Å². The predicted molar refractivity (Wildman–Crippen MR) is 94.0 cm³/mol. The lowest BCUT2D eigenvalue weighted by molar-refractivity contribution is 0.0946. The van der Waals surface area contributed by atoms with Crippen molar-refractivity contribution in [2.45, 2.75) is 6.54 Å². The highest BCUT2D eigenvalue weighted by molar-refractivity contribution is 5.93. The third-order valence-corrected chi connectivity index (χ3v) is 3.58. The lowest BCUT2D eigenvalue weighted by Crippen LogP contribution is -2.24. The number of carbonyl (C=O) groups is 1. The molecule has 0 radical (unpaired) electrons. The molecule has 7 heteroatoms.